The molecule has 1 aliphatic heterocycles. The number of anilines is 2. The van der Waals surface area contributed by atoms with E-state index in [9.17, 15) is 14.9 Å². The SMILES string of the molecule is CNCCN(C)C(=O)Cc1ccc(Nc2ncnc(-c3ccc(O[C@H]4CCN(C(=O)CO)C[C@H]4C)c(C#N)c3)n2)cc1. The second kappa shape index (κ2) is 14.3. The fourth-order valence-corrected chi connectivity index (χ4v) is 4.69. The van der Waals surface area contributed by atoms with Gasteiger partial charge >= 0.3 is 0 Å². The van der Waals surface area contributed by atoms with Gasteiger partial charge in [-0.2, -0.15) is 10.2 Å². The first-order valence-electron chi connectivity index (χ1n) is 13.8. The van der Waals surface area contributed by atoms with Crippen molar-refractivity contribution in [1.29, 1.82) is 5.26 Å². The molecule has 0 radical (unpaired) electrons. The predicted molar refractivity (Wildman–Crippen MR) is 157 cm³/mol. The Labute approximate surface area is 245 Å². The van der Waals surface area contributed by atoms with E-state index in [1.165, 1.54) is 6.33 Å². The van der Waals surface area contributed by atoms with Crippen molar-refractivity contribution < 1.29 is 19.4 Å². The molecule has 3 N–H and O–H groups in total. The van der Waals surface area contributed by atoms with Gasteiger partial charge in [-0.15, -0.1) is 0 Å². The van der Waals surface area contributed by atoms with Crippen LogP contribution in [-0.4, -0.2) is 94.7 Å². The summed E-state index contributed by atoms with van der Waals surface area (Å²) in [6.07, 6.45) is 2.16. The summed E-state index contributed by atoms with van der Waals surface area (Å²) in [7, 11) is 3.65. The van der Waals surface area contributed by atoms with Crippen molar-refractivity contribution >= 4 is 23.5 Å². The summed E-state index contributed by atoms with van der Waals surface area (Å²) < 4.78 is 6.19. The van der Waals surface area contributed by atoms with Gasteiger partial charge in [0.2, 0.25) is 17.8 Å². The zero-order chi connectivity index (χ0) is 30.1. The lowest BCUT2D eigenvalue weighted by atomic mass is 9.96. The number of likely N-dealkylation sites (N-methyl/N-ethyl adjacent to an activating group) is 2. The molecule has 2 atom stereocenters. The topological polar surface area (TPSA) is 157 Å². The van der Waals surface area contributed by atoms with Crippen molar-refractivity contribution in [3.63, 3.8) is 0 Å². The normalized spacial score (nSPS) is 16.4. The number of benzene rings is 2. The maximum Gasteiger partial charge on any atom is 0.248 e. The average molecular weight is 573 g/mol. The Morgan fingerprint density at radius 2 is 2.00 bits per heavy atom. The summed E-state index contributed by atoms with van der Waals surface area (Å²) in [6, 6.07) is 14.9. The minimum Gasteiger partial charge on any atom is -0.489 e. The van der Waals surface area contributed by atoms with Crippen LogP contribution in [0.2, 0.25) is 0 Å². The van der Waals surface area contributed by atoms with Crippen LogP contribution in [0.3, 0.4) is 0 Å². The summed E-state index contributed by atoms with van der Waals surface area (Å²) in [5.74, 6) is 0.993. The number of aliphatic hydroxyl groups is 1. The Bertz CT molecular complexity index is 1430. The molecule has 12 heteroatoms. The lowest BCUT2D eigenvalue weighted by Crippen LogP contribution is -2.47. The molecule has 2 aromatic carbocycles. The molecular weight excluding hydrogens is 536 g/mol. The van der Waals surface area contributed by atoms with Crippen LogP contribution >= 0.6 is 0 Å². The third kappa shape index (κ3) is 7.78. The number of nitrogens with zero attached hydrogens (tertiary/aromatic N) is 6. The minimum absolute atomic E-state index is 0.0388. The maximum absolute atomic E-state index is 12.4. The first kappa shape index (κ1) is 30.4. The van der Waals surface area contributed by atoms with Crippen molar-refractivity contribution in [3.8, 4) is 23.2 Å². The van der Waals surface area contributed by atoms with Gasteiger partial charge in [-0.05, 0) is 42.9 Å². The van der Waals surface area contributed by atoms with Gasteiger partial charge in [0.25, 0.3) is 0 Å². The molecule has 1 fully saturated rings. The van der Waals surface area contributed by atoms with E-state index in [1.807, 2.05) is 38.2 Å². The second-order valence-corrected chi connectivity index (χ2v) is 10.3. The van der Waals surface area contributed by atoms with Crippen LogP contribution in [0.5, 0.6) is 5.75 Å². The third-order valence-corrected chi connectivity index (χ3v) is 7.21. The van der Waals surface area contributed by atoms with E-state index in [1.54, 1.807) is 35.0 Å². The molecule has 0 saturated carbocycles. The summed E-state index contributed by atoms with van der Waals surface area (Å²) in [6.45, 7) is 3.85. The Hall–Kier alpha value is -4.60. The lowest BCUT2D eigenvalue weighted by molar-refractivity contribution is -0.137. The molecule has 12 nitrogen and oxygen atoms in total. The van der Waals surface area contributed by atoms with Gasteiger partial charge < -0.3 is 30.3 Å². The molecule has 1 saturated heterocycles. The number of nitriles is 1. The van der Waals surface area contributed by atoms with Crippen LogP contribution in [0.25, 0.3) is 11.4 Å². The fraction of sp³-hybridized carbons (Fsp3) is 0.400. The number of rotatable bonds is 11. The molecule has 2 amide bonds. The molecule has 0 bridgehead atoms. The predicted octanol–water partition coefficient (Wildman–Crippen LogP) is 1.98. The van der Waals surface area contributed by atoms with E-state index in [0.717, 1.165) is 17.8 Å². The van der Waals surface area contributed by atoms with Crippen molar-refractivity contribution in [2.75, 3.05) is 52.2 Å². The number of ether oxygens (including phenoxy) is 1. The number of nitrogens with one attached hydrogen (secondary N) is 2. The van der Waals surface area contributed by atoms with E-state index >= 15 is 0 Å². The molecule has 220 valence electrons. The van der Waals surface area contributed by atoms with E-state index < -0.39 is 6.61 Å². The number of likely N-dealkylation sites (tertiary alicyclic amines) is 1. The van der Waals surface area contributed by atoms with E-state index in [-0.39, 0.29) is 23.8 Å². The van der Waals surface area contributed by atoms with Crippen LogP contribution in [0, 0.1) is 17.2 Å². The van der Waals surface area contributed by atoms with Gasteiger partial charge in [0, 0.05) is 56.8 Å². The van der Waals surface area contributed by atoms with Gasteiger partial charge in [-0.25, -0.2) is 9.97 Å². The smallest absolute Gasteiger partial charge is 0.248 e. The fourth-order valence-electron chi connectivity index (χ4n) is 4.69. The number of carbonyl (C=O) groups excluding carboxylic acids is 2. The molecule has 0 unspecified atom stereocenters. The number of aliphatic hydroxyl groups excluding tert-OH is 1. The highest BCUT2D eigenvalue weighted by atomic mass is 16.5. The third-order valence-electron chi connectivity index (χ3n) is 7.21. The highest BCUT2D eigenvalue weighted by Crippen LogP contribution is 2.29. The van der Waals surface area contributed by atoms with E-state index in [2.05, 4.69) is 31.7 Å². The number of hydrogen-bond acceptors (Lipinski definition) is 10. The summed E-state index contributed by atoms with van der Waals surface area (Å²) in [5.41, 5.74) is 2.65. The molecule has 1 aromatic heterocycles. The minimum atomic E-state index is -0.503. The Balaban J connectivity index is 1.40. The van der Waals surface area contributed by atoms with Crippen LogP contribution in [0.1, 0.15) is 24.5 Å². The van der Waals surface area contributed by atoms with Crippen molar-refractivity contribution in [2.45, 2.75) is 25.9 Å². The molecule has 0 aliphatic carbocycles. The number of piperidine rings is 1. The van der Waals surface area contributed by atoms with Crippen molar-refractivity contribution in [2.24, 2.45) is 5.92 Å². The maximum atomic E-state index is 12.4. The van der Waals surface area contributed by atoms with Gasteiger partial charge in [0.15, 0.2) is 5.82 Å². The first-order chi connectivity index (χ1) is 20.3. The van der Waals surface area contributed by atoms with Crippen molar-refractivity contribution in [1.82, 2.24) is 30.1 Å². The van der Waals surface area contributed by atoms with Gasteiger partial charge in [-0.3, -0.25) is 9.59 Å². The Morgan fingerprint density at radius 3 is 2.69 bits per heavy atom. The zero-order valence-electron chi connectivity index (χ0n) is 24.1. The molecular formula is C30H36N8O4. The summed E-state index contributed by atoms with van der Waals surface area (Å²) in [5, 5.41) is 25.2. The second-order valence-electron chi connectivity index (χ2n) is 10.3. The van der Waals surface area contributed by atoms with Gasteiger partial charge in [-0.1, -0.05) is 19.1 Å². The van der Waals surface area contributed by atoms with E-state index in [0.29, 0.717) is 61.1 Å². The highest BCUT2D eigenvalue weighted by Gasteiger charge is 2.30. The molecule has 1 aliphatic rings. The number of aromatic nitrogens is 3. The monoisotopic (exact) mass is 572 g/mol. The molecule has 42 heavy (non-hydrogen) atoms. The number of hydrogen-bond donors (Lipinski definition) is 3. The number of amides is 2. The molecule has 3 aromatic rings. The van der Waals surface area contributed by atoms with Gasteiger partial charge in [0.05, 0.1) is 12.0 Å². The largest absolute Gasteiger partial charge is 0.489 e. The lowest BCUT2D eigenvalue weighted by Gasteiger charge is -2.36. The van der Waals surface area contributed by atoms with Crippen LogP contribution in [0.4, 0.5) is 11.6 Å². The summed E-state index contributed by atoms with van der Waals surface area (Å²) >= 11 is 0. The standard InChI is InChI=1S/C30H36N8O4/c1-20-17-38(28(41)18-39)12-10-25(20)42-26-9-6-22(15-23(26)16-31)29-33-19-34-30(36-29)35-24-7-4-21(5-8-24)14-27(40)37(3)13-11-32-2/h4-9,15,19-20,25,32,39H,10-14,17-18H2,1-3H3,(H,33,34,35,36)/t20-,25+/m1/s1. The summed E-state index contributed by atoms with van der Waals surface area (Å²) in [4.78, 5) is 40.6. The van der Waals surface area contributed by atoms with Gasteiger partial charge in [0.1, 0.15) is 30.9 Å². The van der Waals surface area contributed by atoms with Crippen molar-refractivity contribution in [3.05, 3.63) is 59.9 Å². The quantitative estimate of drug-likeness (QED) is 0.310. The molecule has 0 spiro atoms. The number of carbonyl (C=O) groups is 2. The van der Waals surface area contributed by atoms with Crippen LogP contribution in [-0.2, 0) is 16.0 Å². The van der Waals surface area contributed by atoms with Crippen LogP contribution in [0.15, 0.2) is 48.8 Å². The highest BCUT2D eigenvalue weighted by molar-refractivity contribution is 5.79. The van der Waals surface area contributed by atoms with Crippen LogP contribution < -0.4 is 15.4 Å². The Kier molecular flexibility index (Phi) is 10.4. The Morgan fingerprint density at radius 1 is 1.21 bits per heavy atom. The molecule has 4 rings (SSSR count). The first-order valence-corrected chi connectivity index (χ1v) is 13.8. The van der Waals surface area contributed by atoms with E-state index in [4.69, 9.17) is 9.84 Å². The zero-order valence-corrected chi connectivity index (χ0v) is 24.1. The average Bonchev–Trinajstić information content (AvgIpc) is 3.01. The molecule has 2 heterocycles.